The van der Waals surface area contributed by atoms with Gasteiger partial charge in [-0.1, -0.05) is 5.16 Å². The number of rotatable bonds is 2. The molecule has 2 N–H and O–H groups in total. The summed E-state index contributed by atoms with van der Waals surface area (Å²) in [5, 5.41) is 7.33. The van der Waals surface area contributed by atoms with E-state index in [0.29, 0.717) is 6.07 Å². The first-order valence-corrected chi connectivity index (χ1v) is 5.89. The summed E-state index contributed by atoms with van der Waals surface area (Å²) in [6, 6.07) is 2.72. The van der Waals surface area contributed by atoms with Crippen LogP contribution in [0.25, 0.3) is 11.5 Å². The third-order valence-corrected chi connectivity index (χ3v) is 2.68. The second-order valence-electron chi connectivity index (χ2n) is 3.24. The van der Waals surface area contributed by atoms with Crippen molar-refractivity contribution in [2.24, 2.45) is 5.14 Å². The minimum Gasteiger partial charge on any atom is -0.441 e. The molecular weight excluding hydrogens is 277 g/mol. The number of hydrogen-bond donors (Lipinski definition) is 1. The van der Waals surface area contributed by atoms with Crippen LogP contribution in [0.1, 0.15) is 5.76 Å². The molecule has 0 saturated heterocycles. The molecule has 0 aromatic carbocycles. The van der Waals surface area contributed by atoms with Gasteiger partial charge in [-0.05, 0) is 12.1 Å². The van der Waals surface area contributed by atoms with Crippen LogP contribution >= 0.6 is 0 Å². The van der Waals surface area contributed by atoms with Crippen LogP contribution in [0.4, 0.5) is 13.2 Å². The van der Waals surface area contributed by atoms with Gasteiger partial charge in [0.05, 0.1) is 0 Å². The Morgan fingerprint density at radius 2 is 1.94 bits per heavy atom. The third-order valence-electron chi connectivity index (χ3n) is 1.90. The van der Waals surface area contributed by atoms with E-state index in [0.717, 1.165) is 12.1 Å². The van der Waals surface area contributed by atoms with E-state index in [1.807, 2.05) is 0 Å². The summed E-state index contributed by atoms with van der Waals surface area (Å²) in [6.07, 6.45) is -4.68. The predicted octanol–water partition coefficient (Wildman–Crippen LogP) is 1.60. The van der Waals surface area contributed by atoms with E-state index in [2.05, 4.69) is 9.68 Å². The highest BCUT2D eigenvalue weighted by Crippen LogP contribution is 2.32. The van der Waals surface area contributed by atoms with Crippen LogP contribution in [0.3, 0.4) is 0 Å². The predicted molar refractivity (Wildman–Crippen MR) is 50.6 cm³/mol. The molecule has 0 spiro atoms. The van der Waals surface area contributed by atoms with Gasteiger partial charge in [0.15, 0.2) is 5.76 Å². The van der Waals surface area contributed by atoms with Gasteiger partial charge in [-0.2, -0.15) is 13.2 Å². The van der Waals surface area contributed by atoms with E-state index < -0.39 is 27.1 Å². The molecule has 2 heterocycles. The normalized spacial score (nSPS) is 12.9. The lowest BCUT2D eigenvalue weighted by molar-refractivity contribution is -0.155. The van der Waals surface area contributed by atoms with E-state index in [1.165, 1.54) is 0 Å². The zero-order chi connectivity index (χ0) is 13.6. The number of alkyl halides is 3. The summed E-state index contributed by atoms with van der Waals surface area (Å²) in [4.78, 5) is 0. The van der Waals surface area contributed by atoms with Crippen molar-refractivity contribution in [3.8, 4) is 11.5 Å². The van der Waals surface area contributed by atoms with Crippen LogP contribution in [0.5, 0.6) is 0 Å². The van der Waals surface area contributed by atoms with Gasteiger partial charge in [0.2, 0.25) is 10.9 Å². The zero-order valence-corrected chi connectivity index (χ0v) is 9.25. The number of nitrogens with zero attached hydrogens (tertiary/aromatic N) is 1. The topological polar surface area (TPSA) is 99.3 Å². The van der Waals surface area contributed by atoms with E-state index in [9.17, 15) is 21.6 Å². The van der Waals surface area contributed by atoms with Crippen LogP contribution in [0, 0.1) is 0 Å². The first kappa shape index (κ1) is 12.6. The van der Waals surface area contributed by atoms with Gasteiger partial charge >= 0.3 is 6.18 Å². The number of sulfonamides is 1. The highest BCUT2D eigenvalue weighted by atomic mass is 32.2. The monoisotopic (exact) mass is 282 g/mol. The van der Waals surface area contributed by atoms with Crippen molar-refractivity contribution in [1.29, 1.82) is 0 Å². The van der Waals surface area contributed by atoms with E-state index in [1.54, 1.807) is 0 Å². The molecule has 98 valence electrons. The molecule has 0 atom stereocenters. The van der Waals surface area contributed by atoms with Gasteiger partial charge in [0.1, 0.15) is 5.69 Å². The molecule has 0 aliphatic carbocycles. The molecular formula is C8H5F3N2O4S. The third kappa shape index (κ3) is 2.38. The van der Waals surface area contributed by atoms with Crippen LogP contribution in [0.15, 0.2) is 32.2 Å². The maximum Gasteiger partial charge on any atom is 0.452 e. The molecule has 2 aromatic rings. The van der Waals surface area contributed by atoms with Gasteiger partial charge in [-0.15, -0.1) is 0 Å². The van der Waals surface area contributed by atoms with E-state index in [4.69, 9.17) is 9.56 Å². The quantitative estimate of drug-likeness (QED) is 0.901. The summed E-state index contributed by atoms with van der Waals surface area (Å²) >= 11 is 0. The van der Waals surface area contributed by atoms with Crippen molar-refractivity contribution in [1.82, 2.24) is 5.16 Å². The zero-order valence-electron chi connectivity index (χ0n) is 8.43. The van der Waals surface area contributed by atoms with Gasteiger partial charge < -0.3 is 8.94 Å². The molecule has 18 heavy (non-hydrogen) atoms. The molecule has 0 fully saturated rings. The molecule has 2 rings (SSSR count). The Hall–Kier alpha value is -1.81. The van der Waals surface area contributed by atoms with Gasteiger partial charge in [0.25, 0.3) is 10.0 Å². The Morgan fingerprint density at radius 3 is 2.39 bits per heavy atom. The largest absolute Gasteiger partial charge is 0.452 e. The fourth-order valence-corrected chi connectivity index (χ4v) is 1.60. The lowest BCUT2D eigenvalue weighted by Gasteiger charge is -1.97. The summed E-state index contributed by atoms with van der Waals surface area (Å²) in [6.45, 7) is 0. The maximum atomic E-state index is 12.2. The van der Waals surface area contributed by atoms with E-state index >= 15 is 0 Å². The number of halogens is 3. The van der Waals surface area contributed by atoms with Crippen LogP contribution in [0.2, 0.25) is 0 Å². The van der Waals surface area contributed by atoms with Crippen LogP contribution < -0.4 is 5.14 Å². The SMILES string of the molecule is NS(=O)(=O)c1ccc(-c2cc(C(F)(F)F)on2)o1. The summed E-state index contributed by atoms with van der Waals surface area (Å²) in [5.41, 5.74) is -0.280. The Kier molecular flexibility index (Phi) is 2.70. The minimum atomic E-state index is -4.68. The van der Waals surface area contributed by atoms with Crippen molar-refractivity contribution < 1.29 is 30.5 Å². The number of nitrogens with two attached hydrogens (primary N) is 1. The van der Waals surface area contributed by atoms with Crippen LogP contribution in [-0.4, -0.2) is 13.6 Å². The first-order valence-electron chi connectivity index (χ1n) is 4.35. The lowest BCUT2D eigenvalue weighted by Crippen LogP contribution is -2.10. The maximum absolute atomic E-state index is 12.2. The number of primary sulfonamides is 1. The number of furan rings is 1. The highest BCUT2D eigenvalue weighted by molar-refractivity contribution is 7.89. The van der Waals surface area contributed by atoms with Crippen molar-refractivity contribution in [2.75, 3.05) is 0 Å². The average Bonchev–Trinajstić information content (AvgIpc) is 2.84. The molecule has 10 heteroatoms. The number of aromatic nitrogens is 1. The Balaban J connectivity index is 2.39. The Labute approximate surface area is 98.2 Å². The molecule has 2 aromatic heterocycles. The molecule has 6 nitrogen and oxygen atoms in total. The average molecular weight is 282 g/mol. The van der Waals surface area contributed by atoms with Gasteiger partial charge in [0, 0.05) is 6.07 Å². The van der Waals surface area contributed by atoms with Crippen molar-refractivity contribution in [2.45, 2.75) is 11.3 Å². The molecule has 0 amide bonds. The standard InChI is InChI=1S/C8H5F3N2O4S/c9-8(10,11)6-3-4(13-17-6)5-1-2-7(16-5)18(12,14)15/h1-3H,(H2,12,14,15). The highest BCUT2D eigenvalue weighted by Gasteiger charge is 2.36. The molecule has 0 bridgehead atoms. The Morgan fingerprint density at radius 1 is 1.28 bits per heavy atom. The molecule has 0 saturated carbocycles. The Bertz CT molecular complexity index is 671. The second-order valence-corrected chi connectivity index (χ2v) is 4.73. The minimum absolute atomic E-state index is 0.196. The first-order chi connectivity index (χ1) is 8.18. The fraction of sp³-hybridized carbons (Fsp3) is 0.125. The van der Waals surface area contributed by atoms with Gasteiger partial charge in [-0.3, -0.25) is 0 Å². The molecule has 0 unspecified atom stereocenters. The molecule has 0 aliphatic rings. The van der Waals surface area contributed by atoms with Crippen LogP contribution in [-0.2, 0) is 16.2 Å². The number of hydrogen-bond acceptors (Lipinski definition) is 5. The summed E-state index contributed by atoms with van der Waals surface area (Å²) < 4.78 is 67.3. The van der Waals surface area contributed by atoms with Crippen molar-refractivity contribution in [3.05, 3.63) is 24.0 Å². The lowest BCUT2D eigenvalue weighted by atomic mass is 10.3. The fourth-order valence-electron chi connectivity index (χ4n) is 1.14. The van der Waals surface area contributed by atoms with E-state index in [-0.39, 0.29) is 11.5 Å². The van der Waals surface area contributed by atoms with Crippen molar-refractivity contribution in [3.63, 3.8) is 0 Å². The molecule has 0 radical (unpaired) electrons. The molecule has 0 aliphatic heterocycles. The summed E-state index contributed by atoms with van der Waals surface area (Å²) in [5.74, 6) is -1.51. The second kappa shape index (κ2) is 3.85. The summed E-state index contributed by atoms with van der Waals surface area (Å²) in [7, 11) is -4.06. The van der Waals surface area contributed by atoms with Crippen molar-refractivity contribution >= 4 is 10.0 Å². The smallest absolute Gasteiger partial charge is 0.441 e. The van der Waals surface area contributed by atoms with Gasteiger partial charge in [-0.25, -0.2) is 13.6 Å².